The SMILES string of the molecule is C1NC23CCC2C1C3. The zero-order chi connectivity index (χ0) is 5.19. The molecule has 3 atom stereocenters. The molecule has 1 N–H and O–H groups in total. The monoisotopic (exact) mass is 109 g/mol. The van der Waals surface area contributed by atoms with E-state index >= 15 is 0 Å². The van der Waals surface area contributed by atoms with Crippen molar-refractivity contribution in [3.05, 3.63) is 0 Å². The summed E-state index contributed by atoms with van der Waals surface area (Å²) in [5, 5.41) is 3.61. The Balaban J connectivity index is 2.05. The molecule has 1 spiro atoms. The van der Waals surface area contributed by atoms with Gasteiger partial charge >= 0.3 is 0 Å². The molecule has 0 aromatic rings. The Bertz CT molecular complexity index is 139. The first-order chi connectivity index (χ1) is 3.91. The second kappa shape index (κ2) is 0.860. The van der Waals surface area contributed by atoms with Crippen LogP contribution < -0.4 is 5.32 Å². The molecule has 2 aliphatic heterocycles. The maximum Gasteiger partial charge on any atom is 0.0216 e. The third kappa shape index (κ3) is 0.202. The summed E-state index contributed by atoms with van der Waals surface area (Å²) >= 11 is 0. The van der Waals surface area contributed by atoms with E-state index in [4.69, 9.17) is 0 Å². The summed E-state index contributed by atoms with van der Waals surface area (Å²) in [6, 6.07) is 0. The van der Waals surface area contributed by atoms with Crippen molar-refractivity contribution in [2.45, 2.75) is 24.8 Å². The minimum atomic E-state index is 0.727. The summed E-state index contributed by atoms with van der Waals surface area (Å²) in [4.78, 5) is 0. The van der Waals surface area contributed by atoms with Gasteiger partial charge in [-0.05, 0) is 37.6 Å². The van der Waals surface area contributed by atoms with Crippen molar-refractivity contribution >= 4 is 0 Å². The van der Waals surface area contributed by atoms with Gasteiger partial charge in [-0.3, -0.25) is 0 Å². The fourth-order valence-corrected chi connectivity index (χ4v) is 2.89. The zero-order valence-electron chi connectivity index (χ0n) is 4.98. The van der Waals surface area contributed by atoms with Crippen LogP contribution >= 0.6 is 0 Å². The lowest BCUT2D eigenvalue weighted by atomic mass is 9.51. The van der Waals surface area contributed by atoms with Crippen LogP contribution in [0.3, 0.4) is 0 Å². The molecular weight excluding hydrogens is 98.1 g/mol. The largest absolute Gasteiger partial charge is 0.311 e. The Labute approximate surface area is 49.5 Å². The van der Waals surface area contributed by atoms with E-state index < -0.39 is 0 Å². The average Bonchev–Trinajstić information content (AvgIpc) is 2.19. The maximum absolute atomic E-state index is 3.61. The molecule has 3 unspecified atom stereocenters. The average molecular weight is 109 g/mol. The van der Waals surface area contributed by atoms with Gasteiger partial charge in [0.2, 0.25) is 0 Å². The third-order valence-electron chi connectivity index (χ3n) is 3.52. The van der Waals surface area contributed by atoms with Crippen LogP contribution in [0.4, 0.5) is 0 Å². The standard InChI is InChI=1S/C7H11N/c1-2-7-3-5(4-8-7)6(1)7/h5-6,8H,1-4H2. The summed E-state index contributed by atoms with van der Waals surface area (Å²) < 4.78 is 0. The highest BCUT2D eigenvalue weighted by Crippen LogP contribution is 2.61. The quantitative estimate of drug-likeness (QED) is 0.484. The number of nitrogens with one attached hydrogen (secondary N) is 1. The summed E-state index contributed by atoms with van der Waals surface area (Å²) in [5.41, 5.74) is 0.727. The zero-order valence-corrected chi connectivity index (χ0v) is 4.98. The van der Waals surface area contributed by atoms with Gasteiger partial charge in [-0.1, -0.05) is 0 Å². The lowest BCUT2D eigenvalue weighted by Crippen LogP contribution is -2.59. The highest BCUT2D eigenvalue weighted by Gasteiger charge is 2.63. The van der Waals surface area contributed by atoms with Gasteiger partial charge in [-0.25, -0.2) is 0 Å². The van der Waals surface area contributed by atoms with Crippen LogP contribution in [0.5, 0.6) is 0 Å². The van der Waals surface area contributed by atoms with E-state index in [2.05, 4.69) is 5.32 Å². The maximum atomic E-state index is 3.61. The van der Waals surface area contributed by atoms with Crippen molar-refractivity contribution in [2.75, 3.05) is 6.54 Å². The molecule has 8 heavy (non-hydrogen) atoms. The smallest absolute Gasteiger partial charge is 0.0216 e. The van der Waals surface area contributed by atoms with E-state index in [1.807, 2.05) is 0 Å². The molecule has 2 heterocycles. The molecule has 2 bridgehead atoms. The van der Waals surface area contributed by atoms with Crippen molar-refractivity contribution in [1.29, 1.82) is 0 Å². The van der Waals surface area contributed by atoms with Gasteiger partial charge in [-0.15, -0.1) is 0 Å². The van der Waals surface area contributed by atoms with Crippen LogP contribution in [0.25, 0.3) is 0 Å². The molecule has 2 saturated carbocycles. The van der Waals surface area contributed by atoms with E-state index in [0.717, 1.165) is 17.4 Å². The normalized spacial score (nSPS) is 66.0. The van der Waals surface area contributed by atoms with Gasteiger partial charge in [-0.2, -0.15) is 0 Å². The molecule has 2 saturated heterocycles. The molecule has 0 radical (unpaired) electrons. The van der Waals surface area contributed by atoms with Crippen LogP contribution in [-0.4, -0.2) is 12.1 Å². The molecule has 4 rings (SSSR count). The minimum absolute atomic E-state index is 0.727. The number of rotatable bonds is 0. The Morgan fingerprint density at radius 2 is 2.50 bits per heavy atom. The van der Waals surface area contributed by atoms with Crippen LogP contribution in [-0.2, 0) is 0 Å². The second-order valence-electron chi connectivity index (χ2n) is 3.65. The van der Waals surface area contributed by atoms with Crippen LogP contribution in [0.1, 0.15) is 19.3 Å². The van der Waals surface area contributed by atoms with Gasteiger partial charge in [0, 0.05) is 5.54 Å². The number of fused-ring (bicyclic) bond motifs is 1. The van der Waals surface area contributed by atoms with Crippen LogP contribution in [0.2, 0.25) is 0 Å². The Kier molecular flexibility index (Phi) is 0.418. The molecule has 2 aliphatic carbocycles. The highest BCUT2D eigenvalue weighted by atomic mass is 15.1. The molecule has 1 heteroatoms. The van der Waals surface area contributed by atoms with Crippen LogP contribution in [0, 0.1) is 11.8 Å². The van der Waals surface area contributed by atoms with Crippen molar-refractivity contribution in [3.8, 4) is 0 Å². The molecule has 4 fully saturated rings. The molecule has 0 aromatic carbocycles. The lowest BCUT2D eigenvalue weighted by Gasteiger charge is -2.56. The van der Waals surface area contributed by atoms with Crippen molar-refractivity contribution in [2.24, 2.45) is 11.8 Å². The Hall–Kier alpha value is -0.0400. The van der Waals surface area contributed by atoms with Gasteiger partial charge in [0.05, 0.1) is 0 Å². The van der Waals surface area contributed by atoms with Gasteiger partial charge in [0.15, 0.2) is 0 Å². The first-order valence-corrected chi connectivity index (χ1v) is 3.66. The first-order valence-electron chi connectivity index (χ1n) is 3.66. The van der Waals surface area contributed by atoms with E-state index in [0.29, 0.717) is 0 Å². The second-order valence-corrected chi connectivity index (χ2v) is 3.65. The fraction of sp³-hybridized carbons (Fsp3) is 1.00. The summed E-state index contributed by atoms with van der Waals surface area (Å²) in [6.07, 6.45) is 4.52. The molecule has 0 amide bonds. The van der Waals surface area contributed by atoms with Gasteiger partial charge < -0.3 is 5.32 Å². The topological polar surface area (TPSA) is 12.0 Å². The molecular formula is C7H11N. The number of hydrogen-bond acceptors (Lipinski definition) is 1. The first kappa shape index (κ1) is 3.89. The van der Waals surface area contributed by atoms with E-state index in [9.17, 15) is 0 Å². The van der Waals surface area contributed by atoms with Crippen LogP contribution in [0.15, 0.2) is 0 Å². The van der Waals surface area contributed by atoms with Crippen molar-refractivity contribution in [3.63, 3.8) is 0 Å². The minimum Gasteiger partial charge on any atom is -0.311 e. The van der Waals surface area contributed by atoms with E-state index in [1.165, 1.54) is 25.8 Å². The molecule has 44 valence electrons. The summed E-state index contributed by atoms with van der Waals surface area (Å²) in [7, 11) is 0. The third-order valence-corrected chi connectivity index (χ3v) is 3.52. The Morgan fingerprint density at radius 3 is 2.75 bits per heavy atom. The predicted octanol–water partition coefficient (Wildman–Crippen LogP) is 0.758. The van der Waals surface area contributed by atoms with E-state index in [-0.39, 0.29) is 0 Å². The summed E-state index contributed by atoms with van der Waals surface area (Å²) in [5.74, 6) is 2.23. The molecule has 0 aromatic heterocycles. The highest BCUT2D eigenvalue weighted by molar-refractivity contribution is 5.20. The number of hydrogen-bond donors (Lipinski definition) is 1. The van der Waals surface area contributed by atoms with E-state index in [1.54, 1.807) is 0 Å². The lowest BCUT2D eigenvalue weighted by molar-refractivity contribution is -0.00304. The fourth-order valence-electron chi connectivity index (χ4n) is 2.89. The Morgan fingerprint density at radius 1 is 1.50 bits per heavy atom. The van der Waals surface area contributed by atoms with Gasteiger partial charge in [0.1, 0.15) is 0 Å². The van der Waals surface area contributed by atoms with Gasteiger partial charge in [0.25, 0.3) is 0 Å². The predicted molar refractivity (Wildman–Crippen MR) is 31.6 cm³/mol. The van der Waals surface area contributed by atoms with Crippen molar-refractivity contribution in [1.82, 2.24) is 5.32 Å². The molecule has 1 nitrogen and oxygen atoms in total. The summed E-state index contributed by atoms with van der Waals surface area (Å²) in [6.45, 7) is 1.34. The van der Waals surface area contributed by atoms with Crippen molar-refractivity contribution < 1.29 is 0 Å². The molecule has 4 aliphatic rings.